The van der Waals surface area contributed by atoms with Crippen LogP contribution in [0.15, 0.2) is 45.7 Å². The molecule has 3 rings (SSSR count). The summed E-state index contributed by atoms with van der Waals surface area (Å²) < 4.78 is 33.2. The first-order chi connectivity index (χ1) is 13.1. The Balaban J connectivity index is 2.04. The van der Waals surface area contributed by atoms with Crippen LogP contribution in [0.4, 0.5) is 10.5 Å². The number of carbonyl (C=O) groups excluding carboxylic acids is 1. The number of aliphatic carboxylic acids is 1. The van der Waals surface area contributed by atoms with Gasteiger partial charge in [-0.3, -0.25) is 4.79 Å². The number of urea groups is 1. The molecule has 0 bridgehead atoms. The molecule has 148 valence electrons. The fourth-order valence-electron chi connectivity index (χ4n) is 2.85. The minimum absolute atomic E-state index is 0.0751. The zero-order valence-corrected chi connectivity index (χ0v) is 15.9. The van der Waals surface area contributed by atoms with Crippen LogP contribution in [-0.4, -0.2) is 31.6 Å². The van der Waals surface area contributed by atoms with E-state index in [1.165, 1.54) is 18.2 Å². The lowest BCUT2D eigenvalue weighted by Crippen LogP contribution is -2.44. The Kier molecular flexibility index (Phi) is 5.01. The number of fused-ring (bicyclic) bond motifs is 3. The van der Waals surface area contributed by atoms with E-state index in [1.807, 2.05) is 0 Å². The molecule has 2 amide bonds. The first-order valence-corrected chi connectivity index (χ1v) is 9.84. The SMILES string of the molecule is CC(C)[C@@H](NS(=O)(=O)c1ccc2oc3cc(NC(N)=O)ccc3c2c1)C(=O)O. The third-order valence-electron chi connectivity index (χ3n) is 4.24. The van der Waals surface area contributed by atoms with Crippen LogP contribution in [0.1, 0.15) is 13.8 Å². The largest absolute Gasteiger partial charge is 0.480 e. The van der Waals surface area contributed by atoms with Gasteiger partial charge in [0.2, 0.25) is 10.0 Å². The van der Waals surface area contributed by atoms with E-state index in [1.54, 1.807) is 32.0 Å². The van der Waals surface area contributed by atoms with Crippen molar-refractivity contribution in [1.29, 1.82) is 0 Å². The number of benzene rings is 2. The van der Waals surface area contributed by atoms with E-state index in [4.69, 9.17) is 10.2 Å². The highest BCUT2D eigenvalue weighted by atomic mass is 32.2. The molecule has 3 aromatic rings. The Hall–Kier alpha value is -3.11. The summed E-state index contributed by atoms with van der Waals surface area (Å²) >= 11 is 0. The van der Waals surface area contributed by atoms with Crippen molar-refractivity contribution >= 4 is 49.6 Å². The summed E-state index contributed by atoms with van der Waals surface area (Å²) in [5.74, 6) is -1.68. The molecule has 0 unspecified atom stereocenters. The van der Waals surface area contributed by atoms with Gasteiger partial charge >= 0.3 is 12.0 Å². The highest BCUT2D eigenvalue weighted by Crippen LogP contribution is 2.32. The molecule has 2 aromatic carbocycles. The minimum Gasteiger partial charge on any atom is -0.480 e. The van der Waals surface area contributed by atoms with Crippen molar-refractivity contribution < 1.29 is 27.5 Å². The van der Waals surface area contributed by atoms with Crippen molar-refractivity contribution in [2.75, 3.05) is 5.32 Å². The Morgan fingerprint density at radius 2 is 1.79 bits per heavy atom. The van der Waals surface area contributed by atoms with E-state index in [0.717, 1.165) is 0 Å². The fraction of sp³-hybridized carbons (Fsp3) is 0.222. The molecule has 1 atom stereocenters. The van der Waals surface area contributed by atoms with Gasteiger partial charge in [-0.05, 0) is 36.2 Å². The van der Waals surface area contributed by atoms with Gasteiger partial charge in [0, 0.05) is 22.5 Å². The van der Waals surface area contributed by atoms with Crippen LogP contribution in [0.5, 0.6) is 0 Å². The summed E-state index contributed by atoms with van der Waals surface area (Å²) in [6.07, 6.45) is 0. The number of amides is 2. The summed E-state index contributed by atoms with van der Waals surface area (Å²) in [4.78, 5) is 22.2. The third kappa shape index (κ3) is 3.78. The van der Waals surface area contributed by atoms with Crippen LogP contribution in [0, 0.1) is 5.92 Å². The van der Waals surface area contributed by atoms with Crippen molar-refractivity contribution in [3.05, 3.63) is 36.4 Å². The molecule has 9 nitrogen and oxygen atoms in total. The van der Waals surface area contributed by atoms with E-state index < -0.39 is 34.0 Å². The van der Waals surface area contributed by atoms with Crippen LogP contribution < -0.4 is 15.8 Å². The lowest BCUT2D eigenvalue weighted by atomic mass is 10.1. The molecular weight excluding hydrogens is 386 g/mol. The van der Waals surface area contributed by atoms with Gasteiger partial charge in [-0.25, -0.2) is 13.2 Å². The Morgan fingerprint density at radius 1 is 1.07 bits per heavy atom. The second-order valence-corrected chi connectivity index (χ2v) is 8.36. The molecule has 10 heteroatoms. The quantitative estimate of drug-likeness (QED) is 0.494. The highest BCUT2D eigenvalue weighted by molar-refractivity contribution is 7.89. The van der Waals surface area contributed by atoms with Crippen LogP contribution >= 0.6 is 0 Å². The smallest absolute Gasteiger partial charge is 0.322 e. The zero-order valence-electron chi connectivity index (χ0n) is 15.1. The van der Waals surface area contributed by atoms with Gasteiger partial charge in [-0.1, -0.05) is 13.8 Å². The van der Waals surface area contributed by atoms with Crippen molar-refractivity contribution in [2.24, 2.45) is 11.7 Å². The fourth-order valence-corrected chi connectivity index (χ4v) is 4.21. The Bertz CT molecular complexity index is 1180. The lowest BCUT2D eigenvalue weighted by Gasteiger charge is -2.17. The molecule has 5 N–H and O–H groups in total. The molecule has 28 heavy (non-hydrogen) atoms. The maximum atomic E-state index is 12.7. The van der Waals surface area contributed by atoms with Gasteiger partial charge in [0.25, 0.3) is 0 Å². The number of carbonyl (C=O) groups is 2. The monoisotopic (exact) mass is 405 g/mol. The van der Waals surface area contributed by atoms with Crippen molar-refractivity contribution in [3.8, 4) is 0 Å². The second kappa shape index (κ2) is 7.13. The van der Waals surface area contributed by atoms with Crippen LogP contribution in [0.25, 0.3) is 21.9 Å². The number of hydrogen-bond acceptors (Lipinski definition) is 5. The molecule has 1 heterocycles. The van der Waals surface area contributed by atoms with Crippen molar-refractivity contribution in [1.82, 2.24) is 4.72 Å². The number of nitrogens with two attached hydrogens (primary N) is 1. The van der Waals surface area contributed by atoms with Gasteiger partial charge in [-0.15, -0.1) is 0 Å². The number of sulfonamides is 1. The molecular formula is C18H19N3O6S. The zero-order chi connectivity index (χ0) is 20.6. The van der Waals surface area contributed by atoms with E-state index in [-0.39, 0.29) is 4.90 Å². The molecule has 0 saturated heterocycles. The van der Waals surface area contributed by atoms with Crippen LogP contribution in [0.2, 0.25) is 0 Å². The number of primary amides is 1. The number of anilines is 1. The average molecular weight is 405 g/mol. The first-order valence-electron chi connectivity index (χ1n) is 8.36. The van der Waals surface area contributed by atoms with Gasteiger partial charge in [0.15, 0.2) is 0 Å². The van der Waals surface area contributed by atoms with Gasteiger partial charge in [-0.2, -0.15) is 4.72 Å². The maximum Gasteiger partial charge on any atom is 0.322 e. The first kappa shape index (κ1) is 19.6. The molecule has 0 saturated carbocycles. The summed E-state index contributed by atoms with van der Waals surface area (Å²) in [6, 6.07) is 7.16. The third-order valence-corrected chi connectivity index (χ3v) is 5.67. The number of furan rings is 1. The van der Waals surface area contributed by atoms with Gasteiger partial charge in [0.1, 0.15) is 17.2 Å². The summed E-state index contributed by atoms with van der Waals surface area (Å²) in [5, 5.41) is 12.9. The summed E-state index contributed by atoms with van der Waals surface area (Å²) in [7, 11) is -4.06. The minimum atomic E-state index is -4.06. The molecule has 0 aliphatic heterocycles. The molecule has 0 fully saturated rings. The van der Waals surface area contributed by atoms with Gasteiger partial charge < -0.3 is 20.6 Å². The highest BCUT2D eigenvalue weighted by Gasteiger charge is 2.28. The maximum absolute atomic E-state index is 12.7. The lowest BCUT2D eigenvalue weighted by molar-refractivity contribution is -0.140. The summed E-state index contributed by atoms with van der Waals surface area (Å²) in [6.45, 7) is 3.23. The van der Waals surface area contributed by atoms with Crippen molar-refractivity contribution in [3.63, 3.8) is 0 Å². The molecule has 0 radical (unpaired) electrons. The van der Waals surface area contributed by atoms with Crippen molar-refractivity contribution in [2.45, 2.75) is 24.8 Å². The topological polar surface area (TPSA) is 152 Å². The molecule has 0 aliphatic rings. The Morgan fingerprint density at radius 3 is 2.39 bits per heavy atom. The number of hydrogen-bond donors (Lipinski definition) is 4. The number of nitrogens with one attached hydrogen (secondary N) is 2. The second-order valence-electron chi connectivity index (χ2n) is 6.64. The molecule has 0 spiro atoms. The van der Waals surface area contributed by atoms with E-state index in [2.05, 4.69) is 10.0 Å². The predicted octanol–water partition coefficient (Wildman–Crippen LogP) is 2.46. The number of carboxylic acids is 1. The standard InChI is InChI=1S/C18H19N3O6S/c1-9(2)16(17(22)23)21-28(25,26)11-4-6-14-13(8-11)12-5-3-10(20-18(19)24)7-15(12)27-14/h3-9,16,21H,1-2H3,(H,22,23)(H3,19,20,24)/t16-/m1/s1. The average Bonchev–Trinajstić information content (AvgIpc) is 2.95. The summed E-state index contributed by atoms with van der Waals surface area (Å²) in [5.41, 5.74) is 6.42. The molecule has 0 aliphatic carbocycles. The van der Waals surface area contributed by atoms with Gasteiger partial charge in [0.05, 0.1) is 4.90 Å². The van der Waals surface area contributed by atoms with E-state index in [9.17, 15) is 23.1 Å². The predicted molar refractivity (Wildman–Crippen MR) is 104 cm³/mol. The van der Waals surface area contributed by atoms with Crippen LogP contribution in [-0.2, 0) is 14.8 Å². The number of carboxylic acid groups (broad SMARTS) is 1. The normalized spacial score (nSPS) is 13.1. The number of rotatable bonds is 6. The Labute approximate surface area is 160 Å². The van der Waals surface area contributed by atoms with E-state index in [0.29, 0.717) is 27.6 Å². The molecule has 1 aromatic heterocycles. The van der Waals surface area contributed by atoms with E-state index >= 15 is 0 Å². The van der Waals surface area contributed by atoms with Crippen LogP contribution in [0.3, 0.4) is 0 Å².